The lowest BCUT2D eigenvalue weighted by Crippen LogP contribution is -2.29. The lowest BCUT2D eigenvalue weighted by atomic mass is 10.1. The summed E-state index contributed by atoms with van der Waals surface area (Å²) in [6, 6.07) is 7.51. The van der Waals surface area contributed by atoms with Crippen LogP contribution in [-0.4, -0.2) is 33.6 Å². The molecule has 1 aliphatic rings. The Morgan fingerprint density at radius 2 is 1.95 bits per heavy atom. The van der Waals surface area contributed by atoms with E-state index < -0.39 is 5.97 Å². The summed E-state index contributed by atoms with van der Waals surface area (Å²) >= 11 is 0. The second kappa shape index (κ2) is 5.29. The summed E-state index contributed by atoms with van der Waals surface area (Å²) in [4.78, 5) is 13.5. The summed E-state index contributed by atoms with van der Waals surface area (Å²) < 4.78 is 2.12. The van der Waals surface area contributed by atoms with Crippen LogP contribution in [0.2, 0.25) is 0 Å². The van der Waals surface area contributed by atoms with Gasteiger partial charge in [-0.2, -0.15) is 0 Å². The second-order valence-corrected chi connectivity index (χ2v) is 5.61. The molecule has 1 N–H and O–H groups in total. The highest BCUT2D eigenvalue weighted by Crippen LogP contribution is 2.22. The van der Waals surface area contributed by atoms with Crippen LogP contribution in [0.25, 0.3) is 10.9 Å². The first-order valence-electron chi connectivity index (χ1n) is 7.19. The van der Waals surface area contributed by atoms with Gasteiger partial charge in [0.15, 0.2) is 0 Å². The van der Waals surface area contributed by atoms with Crippen molar-refractivity contribution < 1.29 is 9.90 Å². The monoisotopic (exact) mass is 272 g/mol. The fourth-order valence-corrected chi connectivity index (χ4v) is 3.02. The summed E-state index contributed by atoms with van der Waals surface area (Å²) in [7, 11) is 2.02. The number of carboxylic acid groups (broad SMARTS) is 1. The van der Waals surface area contributed by atoms with Crippen LogP contribution in [0.3, 0.4) is 0 Å². The first-order chi connectivity index (χ1) is 9.65. The minimum atomic E-state index is -0.870. The van der Waals surface area contributed by atoms with E-state index in [-0.39, 0.29) is 0 Å². The number of likely N-dealkylation sites (tertiary alicyclic amines) is 1. The summed E-state index contributed by atoms with van der Waals surface area (Å²) in [5.41, 5.74) is 2.60. The van der Waals surface area contributed by atoms with Gasteiger partial charge in [0, 0.05) is 24.8 Å². The Kier molecular flexibility index (Phi) is 3.49. The maximum atomic E-state index is 11.1. The van der Waals surface area contributed by atoms with Crippen molar-refractivity contribution >= 4 is 16.9 Å². The fraction of sp³-hybridized carbons (Fsp3) is 0.438. The van der Waals surface area contributed by atoms with Crippen molar-refractivity contribution in [2.24, 2.45) is 7.05 Å². The molecule has 1 aliphatic heterocycles. The third-order valence-electron chi connectivity index (χ3n) is 4.23. The molecule has 2 heterocycles. The molecule has 4 heteroatoms. The molecular formula is C16H20N2O2. The lowest BCUT2D eigenvalue weighted by molar-refractivity contribution is 0.0697. The number of aryl methyl sites for hydroxylation is 1. The van der Waals surface area contributed by atoms with Crippen LogP contribution in [0.1, 0.15) is 35.3 Å². The van der Waals surface area contributed by atoms with Crippen LogP contribution in [0.5, 0.6) is 0 Å². The molecule has 1 saturated heterocycles. The summed E-state index contributed by atoms with van der Waals surface area (Å²) in [5, 5.41) is 10.2. The van der Waals surface area contributed by atoms with E-state index >= 15 is 0 Å². The van der Waals surface area contributed by atoms with Gasteiger partial charge in [-0.15, -0.1) is 0 Å². The zero-order chi connectivity index (χ0) is 14.1. The summed E-state index contributed by atoms with van der Waals surface area (Å²) in [6.07, 6.45) is 3.91. The number of hydrogen-bond donors (Lipinski definition) is 1. The van der Waals surface area contributed by atoms with Crippen LogP contribution in [-0.2, 0) is 13.6 Å². The number of aromatic nitrogens is 1. The van der Waals surface area contributed by atoms with E-state index in [0.717, 1.165) is 17.4 Å². The number of carbonyl (C=O) groups is 1. The lowest BCUT2D eigenvalue weighted by Gasteiger charge is -2.26. The number of aromatic carboxylic acids is 1. The van der Waals surface area contributed by atoms with Gasteiger partial charge in [0.25, 0.3) is 0 Å². The van der Waals surface area contributed by atoms with E-state index in [2.05, 4.69) is 15.5 Å². The van der Waals surface area contributed by atoms with E-state index in [1.807, 2.05) is 13.1 Å². The van der Waals surface area contributed by atoms with Crippen molar-refractivity contribution in [1.82, 2.24) is 9.47 Å². The molecule has 3 rings (SSSR count). The Balaban J connectivity index is 1.91. The van der Waals surface area contributed by atoms with E-state index in [4.69, 9.17) is 5.11 Å². The van der Waals surface area contributed by atoms with E-state index in [0.29, 0.717) is 5.56 Å². The number of nitrogens with zero attached hydrogens (tertiary/aromatic N) is 2. The molecule has 0 atom stereocenters. The predicted molar refractivity (Wildman–Crippen MR) is 79.0 cm³/mol. The van der Waals surface area contributed by atoms with Crippen LogP contribution in [0.15, 0.2) is 24.3 Å². The van der Waals surface area contributed by atoms with Crippen molar-refractivity contribution in [2.75, 3.05) is 13.1 Å². The molecular weight excluding hydrogens is 252 g/mol. The van der Waals surface area contributed by atoms with E-state index in [1.165, 1.54) is 38.0 Å². The highest BCUT2D eigenvalue weighted by atomic mass is 16.4. The van der Waals surface area contributed by atoms with Gasteiger partial charge in [-0.3, -0.25) is 4.90 Å². The predicted octanol–water partition coefficient (Wildman–Crippen LogP) is 2.86. The van der Waals surface area contributed by atoms with Crippen LogP contribution >= 0.6 is 0 Å². The minimum Gasteiger partial charge on any atom is -0.478 e. The fourth-order valence-electron chi connectivity index (χ4n) is 3.02. The zero-order valence-electron chi connectivity index (χ0n) is 11.8. The molecule has 4 nitrogen and oxygen atoms in total. The first kappa shape index (κ1) is 13.2. The quantitative estimate of drug-likeness (QED) is 0.934. The molecule has 1 aromatic carbocycles. The van der Waals surface area contributed by atoms with Gasteiger partial charge in [-0.25, -0.2) is 4.79 Å². The number of piperidine rings is 1. The molecule has 0 amide bonds. The first-order valence-corrected chi connectivity index (χ1v) is 7.19. The van der Waals surface area contributed by atoms with Crippen molar-refractivity contribution in [2.45, 2.75) is 25.8 Å². The topological polar surface area (TPSA) is 45.5 Å². The normalized spacial score (nSPS) is 16.6. The van der Waals surface area contributed by atoms with Crippen molar-refractivity contribution in [1.29, 1.82) is 0 Å². The molecule has 0 spiro atoms. The molecule has 0 bridgehead atoms. The number of hydrogen-bond acceptors (Lipinski definition) is 2. The average molecular weight is 272 g/mol. The average Bonchev–Trinajstić information content (AvgIpc) is 2.76. The molecule has 106 valence electrons. The highest BCUT2D eigenvalue weighted by Gasteiger charge is 2.14. The molecule has 2 aromatic rings. The molecule has 20 heavy (non-hydrogen) atoms. The number of fused-ring (bicyclic) bond motifs is 1. The largest absolute Gasteiger partial charge is 0.478 e. The Labute approximate surface area is 118 Å². The molecule has 1 fully saturated rings. The number of carboxylic acids is 1. The van der Waals surface area contributed by atoms with Crippen LogP contribution < -0.4 is 0 Å². The maximum Gasteiger partial charge on any atom is 0.335 e. The summed E-state index contributed by atoms with van der Waals surface area (Å²) in [6.45, 7) is 3.29. The highest BCUT2D eigenvalue weighted by molar-refractivity contribution is 5.93. The van der Waals surface area contributed by atoms with Gasteiger partial charge in [-0.05, 0) is 49.5 Å². The molecule has 0 saturated carbocycles. The van der Waals surface area contributed by atoms with Gasteiger partial charge in [0.1, 0.15) is 0 Å². The van der Waals surface area contributed by atoms with E-state index in [9.17, 15) is 4.79 Å². The standard InChI is InChI=1S/C16H20N2O2/c1-17-14(11-18-7-3-2-4-8-18)9-12-5-6-13(16(19)20)10-15(12)17/h5-6,9-10H,2-4,7-8,11H2,1H3,(H,19,20). The van der Waals surface area contributed by atoms with Gasteiger partial charge in [0.2, 0.25) is 0 Å². The number of benzene rings is 1. The third kappa shape index (κ3) is 2.43. The zero-order valence-corrected chi connectivity index (χ0v) is 11.8. The van der Waals surface area contributed by atoms with Gasteiger partial charge in [0.05, 0.1) is 5.56 Å². The minimum absolute atomic E-state index is 0.350. The SMILES string of the molecule is Cn1c(CN2CCCCC2)cc2ccc(C(=O)O)cc21. The van der Waals surface area contributed by atoms with Crippen LogP contribution in [0, 0.1) is 0 Å². The Morgan fingerprint density at radius 3 is 2.65 bits per heavy atom. The van der Waals surface area contributed by atoms with Gasteiger partial charge >= 0.3 is 5.97 Å². The van der Waals surface area contributed by atoms with Crippen molar-refractivity contribution in [3.63, 3.8) is 0 Å². The number of rotatable bonds is 3. The molecule has 1 aromatic heterocycles. The summed E-state index contributed by atoms with van der Waals surface area (Å²) in [5.74, 6) is -0.870. The third-order valence-corrected chi connectivity index (χ3v) is 4.23. The van der Waals surface area contributed by atoms with Crippen molar-refractivity contribution in [3.05, 3.63) is 35.5 Å². The second-order valence-electron chi connectivity index (χ2n) is 5.61. The van der Waals surface area contributed by atoms with Gasteiger partial charge in [-0.1, -0.05) is 12.5 Å². The molecule has 0 unspecified atom stereocenters. The Morgan fingerprint density at radius 1 is 1.20 bits per heavy atom. The maximum absolute atomic E-state index is 11.1. The van der Waals surface area contributed by atoms with Crippen molar-refractivity contribution in [3.8, 4) is 0 Å². The Bertz CT molecular complexity index is 639. The van der Waals surface area contributed by atoms with Gasteiger partial charge < -0.3 is 9.67 Å². The van der Waals surface area contributed by atoms with Crippen LogP contribution in [0.4, 0.5) is 0 Å². The Hall–Kier alpha value is -1.81. The molecule has 0 aliphatic carbocycles. The van der Waals surface area contributed by atoms with E-state index in [1.54, 1.807) is 12.1 Å². The molecule has 0 radical (unpaired) electrons. The smallest absolute Gasteiger partial charge is 0.335 e.